The standard InChI is InChI=1S/C20H18BrF3N2O4S/c1-10-12(21)7-15(31(28,29)26-16-8-20(16)4-5-30-9-20)18(24)17(10)19(27)25-11-2-3-13(22)14(23)6-11/h2-3,6-7,16,26H,4-5,8-9H2,1H3,(H,25,27). The smallest absolute Gasteiger partial charge is 0.258 e. The molecule has 1 aliphatic carbocycles. The molecule has 2 fully saturated rings. The van der Waals surface area contributed by atoms with Gasteiger partial charge in [0.15, 0.2) is 17.5 Å². The number of ether oxygens (including phenoxy) is 1. The second-order valence-corrected chi connectivity index (χ2v) is 10.3. The molecule has 1 heterocycles. The molecule has 2 aliphatic rings. The van der Waals surface area contributed by atoms with Gasteiger partial charge in [-0.15, -0.1) is 0 Å². The van der Waals surface area contributed by atoms with Gasteiger partial charge in [-0.25, -0.2) is 26.3 Å². The van der Waals surface area contributed by atoms with Crippen LogP contribution in [0.5, 0.6) is 0 Å². The Bertz CT molecular complexity index is 1180. The molecule has 31 heavy (non-hydrogen) atoms. The van der Waals surface area contributed by atoms with Gasteiger partial charge >= 0.3 is 0 Å². The molecule has 0 bridgehead atoms. The van der Waals surface area contributed by atoms with Crippen molar-refractivity contribution in [2.24, 2.45) is 5.41 Å². The topological polar surface area (TPSA) is 84.5 Å². The van der Waals surface area contributed by atoms with E-state index in [9.17, 15) is 22.0 Å². The lowest BCUT2D eigenvalue weighted by molar-refractivity contribution is 0.102. The number of anilines is 1. The number of hydrogen-bond donors (Lipinski definition) is 2. The number of hydrogen-bond acceptors (Lipinski definition) is 4. The quantitative estimate of drug-likeness (QED) is 0.628. The average Bonchev–Trinajstić information content (AvgIpc) is 3.11. The molecule has 2 N–H and O–H groups in total. The van der Waals surface area contributed by atoms with E-state index < -0.39 is 43.8 Å². The molecule has 4 rings (SSSR count). The van der Waals surface area contributed by atoms with E-state index in [4.69, 9.17) is 4.74 Å². The minimum absolute atomic E-state index is 0.105. The van der Waals surface area contributed by atoms with Gasteiger partial charge < -0.3 is 10.1 Å². The number of carbonyl (C=O) groups excluding carboxylic acids is 1. The van der Waals surface area contributed by atoms with Crippen LogP contribution in [0.15, 0.2) is 33.6 Å². The summed E-state index contributed by atoms with van der Waals surface area (Å²) in [5.74, 6) is -4.52. The van der Waals surface area contributed by atoms with Crippen molar-refractivity contribution < 1.29 is 31.1 Å². The Morgan fingerprint density at radius 1 is 1.23 bits per heavy atom. The SMILES string of the molecule is Cc1c(Br)cc(S(=O)(=O)NC2CC23CCOC3)c(F)c1C(=O)Nc1ccc(F)c(F)c1. The van der Waals surface area contributed by atoms with Crippen molar-refractivity contribution in [2.45, 2.75) is 30.7 Å². The van der Waals surface area contributed by atoms with Gasteiger partial charge in [0.25, 0.3) is 5.91 Å². The van der Waals surface area contributed by atoms with Gasteiger partial charge in [0.05, 0.1) is 12.2 Å². The number of carbonyl (C=O) groups is 1. The molecule has 2 unspecified atom stereocenters. The zero-order valence-electron chi connectivity index (χ0n) is 16.3. The van der Waals surface area contributed by atoms with Gasteiger partial charge in [-0.3, -0.25) is 4.79 Å². The highest BCUT2D eigenvalue weighted by Crippen LogP contribution is 2.52. The highest BCUT2D eigenvalue weighted by atomic mass is 79.9. The highest BCUT2D eigenvalue weighted by Gasteiger charge is 2.57. The molecular weight excluding hydrogens is 501 g/mol. The lowest BCUT2D eigenvalue weighted by atomic mass is 10.1. The van der Waals surface area contributed by atoms with E-state index in [1.54, 1.807) is 0 Å². The van der Waals surface area contributed by atoms with E-state index in [0.29, 0.717) is 19.6 Å². The molecule has 2 aromatic carbocycles. The maximum atomic E-state index is 15.3. The molecule has 1 saturated carbocycles. The first-order valence-electron chi connectivity index (χ1n) is 9.39. The van der Waals surface area contributed by atoms with Crippen LogP contribution in [-0.2, 0) is 14.8 Å². The summed E-state index contributed by atoms with van der Waals surface area (Å²) < 4.78 is 75.6. The third-order valence-electron chi connectivity index (χ3n) is 5.74. The molecule has 166 valence electrons. The molecule has 0 radical (unpaired) electrons. The first kappa shape index (κ1) is 22.3. The predicted molar refractivity (Wildman–Crippen MR) is 110 cm³/mol. The maximum absolute atomic E-state index is 15.3. The molecule has 2 aromatic rings. The summed E-state index contributed by atoms with van der Waals surface area (Å²) in [6.07, 6.45) is 1.33. The number of nitrogens with one attached hydrogen (secondary N) is 2. The molecule has 11 heteroatoms. The Labute approximate surface area is 185 Å². The van der Waals surface area contributed by atoms with Crippen molar-refractivity contribution in [1.82, 2.24) is 4.72 Å². The second kappa shape index (κ2) is 7.88. The van der Waals surface area contributed by atoms with Gasteiger partial charge in [0.1, 0.15) is 4.90 Å². The summed E-state index contributed by atoms with van der Waals surface area (Å²) in [5, 5.41) is 2.27. The molecule has 0 aromatic heterocycles. The molecule has 1 spiro atoms. The van der Waals surface area contributed by atoms with E-state index in [1.807, 2.05) is 0 Å². The summed E-state index contributed by atoms with van der Waals surface area (Å²) in [7, 11) is -4.27. The first-order chi connectivity index (χ1) is 14.5. The van der Waals surface area contributed by atoms with Crippen LogP contribution in [0.4, 0.5) is 18.9 Å². The Morgan fingerprint density at radius 3 is 2.61 bits per heavy atom. The van der Waals surface area contributed by atoms with Crippen molar-refractivity contribution in [3.8, 4) is 0 Å². The van der Waals surface area contributed by atoms with Gasteiger partial charge in [0.2, 0.25) is 10.0 Å². The summed E-state index contributed by atoms with van der Waals surface area (Å²) in [6.45, 7) is 2.43. The minimum atomic E-state index is -4.27. The normalized spacial score (nSPS) is 22.7. The van der Waals surface area contributed by atoms with Crippen LogP contribution in [0, 0.1) is 29.8 Å². The molecule has 1 saturated heterocycles. The van der Waals surface area contributed by atoms with Crippen LogP contribution in [0.3, 0.4) is 0 Å². The van der Waals surface area contributed by atoms with Crippen LogP contribution < -0.4 is 10.0 Å². The van der Waals surface area contributed by atoms with Gasteiger partial charge in [-0.05, 0) is 43.5 Å². The van der Waals surface area contributed by atoms with E-state index in [1.165, 1.54) is 6.92 Å². The van der Waals surface area contributed by atoms with Crippen molar-refractivity contribution in [3.05, 3.63) is 57.3 Å². The number of amides is 1. The fraction of sp³-hybridized carbons (Fsp3) is 0.350. The average molecular weight is 519 g/mol. The Balaban J connectivity index is 1.64. The largest absolute Gasteiger partial charge is 0.381 e. The van der Waals surface area contributed by atoms with Crippen LogP contribution in [-0.4, -0.2) is 33.6 Å². The van der Waals surface area contributed by atoms with Crippen LogP contribution in [0.2, 0.25) is 0 Å². The third-order valence-corrected chi connectivity index (χ3v) is 8.04. The second-order valence-electron chi connectivity index (χ2n) is 7.80. The number of sulfonamides is 1. The summed E-state index contributed by atoms with van der Waals surface area (Å²) in [4.78, 5) is 12.0. The molecular formula is C20H18BrF3N2O4S. The lowest BCUT2D eigenvalue weighted by Crippen LogP contribution is -2.31. The molecule has 1 aliphatic heterocycles. The van der Waals surface area contributed by atoms with Crippen molar-refractivity contribution in [3.63, 3.8) is 0 Å². The lowest BCUT2D eigenvalue weighted by Gasteiger charge is -2.15. The number of halogens is 4. The fourth-order valence-corrected chi connectivity index (χ4v) is 5.78. The first-order valence-corrected chi connectivity index (χ1v) is 11.7. The highest BCUT2D eigenvalue weighted by molar-refractivity contribution is 9.10. The molecule has 6 nitrogen and oxygen atoms in total. The Hall–Kier alpha value is -1.95. The van der Waals surface area contributed by atoms with Crippen LogP contribution in [0.1, 0.15) is 28.8 Å². The minimum Gasteiger partial charge on any atom is -0.381 e. The van der Waals surface area contributed by atoms with Crippen molar-refractivity contribution in [2.75, 3.05) is 18.5 Å². The summed E-state index contributed by atoms with van der Waals surface area (Å²) in [6, 6.07) is 3.40. The van der Waals surface area contributed by atoms with Gasteiger partial charge in [-0.1, -0.05) is 15.9 Å². The van der Waals surface area contributed by atoms with Gasteiger partial charge in [-0.2, -0.15) is 0 Å². The molecule has 2 atom stereocenters. The fourth-order valence-electron chi connectivity index (χ4n) is 3.75. The van der Waals surface area contributed by atoms with Crippen LogP contribution >= 0.6 is 15.9 Å². The van der Waals surface area contributed by atoms with Crippen molar-refractivity contribution in [1.29, 1.82) is 0 Å². The number of rotatable bonds is 5. The monoisotopic (exact) mass is 518 g/mol. The van der Waals surface area contributed by atoms with Crippen LogP contribution in [0.25, 0.3) is 0 Å². The zero-order chi connectivity index (χ0) is 22.6. The van der Waals surface area contributed by atoms with E-state index in [2.05, 4.69) is 26.0 Å². The third kappa shape index (κ3) is 4.11. The number of benzene rings is 2. The van der Waals surface area contributed by atoms with E-state index in [0.717, 1.165) is 30.7 Å². The zero-order valence-corrected chi connectivity index (χ0v) is 18.7. The van der Waals surface area contributed by atoms with Gasteiger partial charge in [0, 0.05) is 34.3 Å². The summed E-state index contributed by atoms with van der Waals surface area (Å²) >= 11 is 3.17. The predicted octanol–water partition coefficient (Wildman–Crippen LogP) is 3.88. The summed E-state index contributed by atoms with van der Waals surface area (Å²) in [5.41, 5.74) is -0.720. The maximum Gasteiger partial charge on any atom is 0.258 e. The molecule has 1 amide bonds. The Kier molecular flexibility index (Phi) is 5.65. The van der Waals surface area contributed by atoms with E-state index in [-0.39, 0.29) is 27.2 Å². The Morgan fingerprint density at radius 2 is 1.97 bits per heavy atom. The van der Waals surface area contributed by atoms with Crippen molar-refractivity contribution >= 4 is 37.5 Å². The van der Waals surface area contributed by atoms with E-state index >= 15 is 4.39 Å².